The minimum Gasteiger partial charge on any atom is -0.355 e. The molecular weight excluding hydrogens is 218 g/mol. The van der Waals surface area contributed by atoms with Crippen LogP contribution in [0.1, 0.15) is 16.7 Å². The standard InChI is InChI=1S/C12H13N3O2/c13-2-1-10-3-11(6-14-8-16)5-12(4-10)7-15-9-17/h3-5,8-9H,1,6-7H2,(H,14,16)(H,15,17). The van der Waals surface area contributed by atoms with E-state index in [4.69, 9.17) is 5.26 Å². The van der Waals surface area contributed by atoms with Crippen molar-refractivity contribution in [2.75, 3.05) is 0 Å². The van der Waals surface area contributed by atoms with E-state index in [9.17, 15) is 9.59 Å². The number of benzene rings is 1. The minimum absolute atomic E-state index is 0.309. The summed E-state index contributed by atoms with van der Waals surface area (Å²) in [6, 6.07) is 7.68. The first-order valence-electron chi connectivity index (χ1n) is 5.13. The van der Waals surface area contributed by atoms with E-state index in [-0.39, 0.29) is 0 Å². The van der Waals surface area contributed by atoms with Crippen molar-refractivity contribution in [3.05, 3.63) is 34.9 Å². The topological polar surface area (TPSA) is 82.0 Å². The van der Waals surface area contributed by atoms with Crippen molar-refractivity contribution in [1.29, 1.82) is 5.26 Å². The Kier molecular flexibility index (Phi) is 5.25. The molecule has 5 nitrogen and oxygen atoms in total. The van der Waals surface area contributed by atoms with Gasteiger partial charge in [-0.3, -0.25) is 9.59 Å². The van der Waals surface area contributed by atoms with Gasteiger partial charge in [0, 0.05) is 13.1 Å². The van der Waals surface area contributed by atoms with Gasteiger partial charge in [-0.15, -0.1) is 0 Å². The summed E-state index contributed by atoms with van der Waals surface area (Å²) in [4.78, 5) is 20.4. The highest BCUT2D eigenvalue weighted by Crippen LogP contribution is 2.11. The first-order chi connectivity index (χ1) is 8.30. The fourth-order valence-corrected chi connectivity index (χ4v) is 1.56. The molecule has 2 amide bonds. The molecule has 1 aromatic carbocycles. The Bertz CT molecular complexity index is 408. The van der Waals surface area contributed by atoms with E-state index in [1.54, 1.807) is 0 Å². The number of hydrogen-bond acceptors (Lipinski definition) is 3. The van der Waals surface area contributed by atoms with Crippen LogP contribution in [-0.4, -0.2) is 12.8 Å². The number of amides is 2. The third-order valence-corrected chi connectivity index (χ3v) is 2.17. The van der Waals surface area contributed by atoms with Crippen LogP contribution in [0, 0.1) is 11.3 Å². The summed E-state index contributed by atoms with van der Waals surface area (Å²) in [5.74, 6) is 0. The zero-order valence-electron chi connectivity index (χ0n) is 9.27. The first-order valence-corrected chi connectivity index (χ1v) is 5.13. The Morgan fingerprint density at radius 1 is 1.00 bits per heavy atom. The van der Waals surface area contributed by atoms with E-state index in [1.807, 2.05) is 18.2 Å². The number of nitrogens with one attached hydrogen (secondary N) is 2. The average Bonchev–Trinajstić information content (AvgIpc) is 2.34. The summed E-state index contributed by atoms with van der Waals surface area (Å²) >= 11 is 0. The molecule has 0 fully saturated rings. The molecule has 0 bridgehead atoms. The maximum absolute atomic E-state index is 10.2. The monoisotopic (exact) mass is 231 g/mol. The fourth-order valence-electron chi connectivity index (χ4n) is 1.56. The summed E-state index contributed by atoms with van der Waals surface area (Å²) in [7, 11) is 0. The van der Waals surface area contributed by atoms with E-state index in [0.717, 1.165) is 16.7 Å². The van der Waals surface area contributed by atoms with Crippen molar-refractivity contribution in [2.24, 2.45) is 0 Å². The van der Waals surface area contributed by atoms with Crippen LogP contribution in [-0.2, 0) is 29.1 Å². The van der Waals surface area contributed by atoms with E-state index >= 15 is 0 Å². The molecule has 0 radical (unpaired) electrons. The lowest BCUT2D eigenvalue weighted by Gasteiger charge is -2.07. The van der Waals surface area contributed by atoms with Gasteiger partial charge in [-0.2, -0.15) is 5.26 Å². The molecule has 0 atom stereocenters. The summed E-state index contributed by atoms with van der Waals surface area (Å²) in [6.45, 7) is 0.827. The number of rotatable bonds is 7. The Balaban J connectivity index is 2.87. The molecule has 0 spiro atoms. The van der Waals surface area contributed by atoms with Gasteiger partial charge in [-0.05, 0) is 16.7 Å². The average molecular weight is 231 g/mol. The molecule has 0 saturated heterocycles. The van der Waals surface area contributed by atoms with Crippen LogP contribution < -0.4 is 10.6 Å². The van der Waals surface area contributed by atoms with Gasteiger partial charge in [0.25, 0.3) is 0 Å². The highest BCUT2D eigenvalue weighted by atomic mass is 16.1. The SMILES string of the molecule is N#CCc1cc(CNC=O)cc(CNC=O)c1. The van der Waals surface area contributed by atoms with E-state index in [2.05, 4.69) is 16.7 Å². The molecule has 0 unspecified atom stereocenters. The predicted octanol–water partition coefficient (Wildman–Crippen LogP) is 0.245. The largest absolute Gasteiger partial charge is 0.355 e. The molecule has 2 N–H and O–H groups in total. The van der Waals surface area contributed by atoms with Gasteiger partial charge in [0.2, 0.25) is 12.8 Å². The molecular formula is C12H13N3O2. The molecule has 17 heavy (non-hydrogen) atoms. The number of carbonyl (C=O) groups excluding carboxylic acids is 2. The van der Waals surface area contributed by atoms with Crippen LogP contribution in [0.5, 0.6) is 0 Å². The maximum Gasteiger partial charge on any atom is 0.207 e. The van der Waals surface area contributed by atoms with Crippen molar-refractivity contribution in [1.82, 2.24) is 10.6 Å². The second-order valence-electron chi connectivity index (χ2n) is 3.49. The smallest absolute Gasteiger partial charge is 0.207 e. The quantitative estimate of drug-likeness (QED) is 0.660. The zero-order chi connectivity index (χ0) is 12.5. The van der Waals surface area contributed by atoms with Gasteiger partial charge >= 0.3 is 0 Å². The Morgan fingerprint density at radius 3 is 1.88 bits per heavy atom. The van der Waals surface area contributed by atoms with Gasteiger partial charge in [0.05, 0.1) is 12.5 Å². The van der Waals surface area contributed by atoms with Gasteiger partial charge in [-0.1, -0.05) is 18.2 Å². The number of nitrogens with zero attached hydrogens (tertiary/aromatic N) is 1. The van der Waals surface area contributed by atoms with Crippen molar-refractivity contribution in [2.45, 2.75) is 19.5 Å². The van der Waals surface area contributed by atoms with Crippen molar-refractivity contribution < 1.29 is 9.59 Å². The van der Waals surface area contributed by atoms with Gasteiger partial charge in [0.15, 0.2) is 0 Å². The third kappa shape index (κ3) is 4.34. The Hall–Kier alpha value is -2.35. The van der Waals surface area contributed by atoms with Crippen LogP contribution in [0.25, 0.3) is 0 Å². The third-order valence-electron chi connectivity index (χ3n) is 2.17. The second kappa shape index (κ2) is 7.01. The molecule has 0 aliphatic heterocycles. The lowest BCUT2D eigenvalue weighted by atomic mass is 10.0. The van der Waals surface area contributed by atoms with Crippen LogP contribution in [0.3, 0.4) is 0 Å². The highest BCUT2D eigenvalue weighted by molar-refractivity contribution is 5.47. The lowest BCUT2D eigenvalue weighted by molar-refractivity contribution is -0.110. The van der Waals surface area contributed by atoms with E-state index in [1.165, 1.54) is 0 Å². The predicted molar refractivity (Wildman–Crippen MR) is 61.6 cm³/mol. The molecule has 5 heteroatoms. The van der Waals surface area contributed by atoms with Crippen LogP contribution in [0.15, 0.2) is 18.2 Å². The lowest BCUT2D eigenvalue weighted by Crippen LogP contribution is -2.13. The molecule has 1 aromatic rings. The molecule has 0 aliphatic rings. The van der Waals surface area contributed by atoms with E-state index < -0.39 is 0 Å². The summed E-state index contributed by atoms with van der Waals surface area (Å²) in [6.07, 6.45) is 1.56. The summed E-state index contributed by atoms with van der Waals surface area (Å²) < 4.78 is 0. The van der Waals surface area contributed by atoms with Gasteiger partial charge in [0.1, 0.15) is 0 Å². The highest BCUT2D eigenvalue weighted by Gasteiger charge is 2.01. The van der Waals surface area contributed by atoms with E-state index in [0.29, 0.717) is 32.3 Å². The molecule has 0 aromatic heterocycles. The van der Waals surface area contributed by atoms with Gasteiger partial charge < -0.3 is 10.6 Å². The molecule has 0 aliphatic carbocycles. The van der Waals surface area contributed by atoms with Crippen LogP contribution >= 0.6 is 0 Å². The summed E-state index contributed by atoms with van der Waals surface area (Å²) in [5.41, 5.74) is 2.69. The number of nitriles is 1. The van der Waals surface area contributed by atoms with Crippen LogP contribution in [0.4, 0.5) is 0 Å². The number of carbonyl (C=O) groups is 2. The minimum atomic E-state index is 0.309. The van der Waals surface area contributed by atoms with Crippen molar-refractivity contribution >= 4 is 12.8 Å². The molecule has 88 valence electrons. The molecule has 0 heterocycles. The molecule has 0 saturated carbocycles. The number of hydrogen-bond donors (Lipinski definition) is 2. The van der Waals surface area contributed by atoms with Crippen molar-refractivity contribution in [3.8, 4) is 6.07 Å². The first kappa shape index (κ1) is 12.7. The second-order valence-corrected chi connectivity index (χ2v) is 3.49. The zero-order valence-corrected chi connectivity index (χ0v) is 9.27. The fraction of sp³-hybridized carbons (Fsp3) is 0.250. The van der Waals surface area contributed by atoms with Gasteiger partial charge in [-0.25, -0.2) is 0 Å². The Labute approximate surface area is 99.4 Å². The maximum atomic E-state index is 10.2. The van der Waals surface area contributed by atoms with Crippen molar-refractivity contribution in [3.63, 3.8) is 0 Å². The van der Waals surface area contributed by atoms with Crippen LogP contribution in [0.2, 0.25) is 0 Å². The summed E-state index contributed by atoms with van der Waals surface area (Å²) in [5, 5.41) is 13.8. The Morgan fingerprint density at radius 2 is 1.47 bits per heavy atom. The normalized spacial score (nSPS) is 9.12. The molecule has 1 rings (SSSR count).